The third-order valence-electron chi connectivity index (χ3n) is 7.10. The number of nitrogens with one attached hydrogen (secondary N) is 3. The molecule has 0 spiro atoms. The number of hydrogen-bond acceptors (Lipinski definition) is 8. The fourth-order valence-corrected chi connectivity index (χ4v) is 4.85. The number of halogens is 5. The smallest absolute Gasteiger partial charge is 0.408 e. The number of carbonyl (C=O) groups excluding carboxylic acids is 5. The summed E-state index contributed by atoms with van der Waals surface area (Å²) < 4.78 is 66.9. The van der Waals surface area contributed by atoms with Crippen LogP contribution in [0.15, 0.2) is 28.7 Å². The van der Waals surface area contributed by atoms with Crippen molar-refractivity contribution in [1.82, 2.24) is 16.0 Å². The Morgan fingerprint density at radius 2 is 1.49 bits per heavy atom. The normalized spacial score (nSPS) is 12.4. The summed E-state index contributed by atoms with van der Waals surface area (Å²) in [5.74, 6) is -9.72. The summed E-state index contributed by atoms with van der Waals surface area (Å²) >= 11 is 7.44. The number of hydrogen-bond donors (Lipinski definition) is 4. The summed E-state index contributed by atoms with van der Waals surface area (Å²) in [5, 5.41) is 7.67. The molecule has 2 aromatic carbocycles. The van der Waals surface area contributed by atoms with Crippen molar-refractivity contribution in [3.05, 3.63) is 68.7 Å². The highest BCUT2D eigenvalue weighted by Gasteiger charge is 2.27. The number of rotatable bonds is 18. The van der Waals surface area contributed by atoms with Crippen LogP contribution >= 0.6 is 28.6 Å². The van der Waals surface area contributed by atoms with Gasteiger partial charge in [0, 0.05) is 34.2 Å². The second kappa shape index (κ2) is 19.5. The Balaban J connectivity index is 1.93. The lowest BCUT2D eigenvalue weighted by atomic mass is 10.1. The number of ether oxygens (including phenoxy) is 2. The minimum Gasteiger partial charge on any atom is -0.461 e. The largest absolute Gasteiger partial charge is 0.461 e. The lowest BCUT2D eigenvalue weighted by molar-refractivity contribution is -0.869. The SMILES string of the molecule is Cc1c(F)c(F)c(COC(=O)CCC(=O)[C@H](CS)NC(=O)CC[C@H](NC(=O)OCc2ccccc2Br)C(=O)NCC[N+](C)(C)C)c(F)c1F. The maximum Gasteiger partial charge on any atom is 0.408 e. The zero-order chi connectivity index (χ0) is 36.9. The Labute approximate surface area is 295 Å². The number of benzene rings is 2. The molecule has 17 heteroatoms. The van der Waals surface area contributed by atoms with Crippen molar-refractivity contribution >= 4 is 58.2 Å². The molecular formula is C32H40BrF4N4O7S+. The molecule has 0 radical (unpaired) electrons. The predicted molar refractivity (Wildman–Crippen MR) is 177 cm³/mol. The molecule has 49 heavy (non-hydrogen) atoms. The number of quaternary nitrogens is 1. The molecule has 0 aliphatic rings. The van der Waals surface area contributed by atoms with Gasteiger partial charge in [0.1, 0.15) is 19.3 Å². The molecule has 0 bridgehead atoms. The fourth-order valence-electron chi connectivity index (χ4n) is 4.16. The van der Waals surface area contributed by atoms with Crippen LogP contribution in [0.25, 0.3) is 0 Å². The molecule has 2 atom stereocenters. The summed E-state index contributed by atoms with van der Waals surface area (Å²) in [6.45, 7) is 0.529. The molecule has 0 fully saturated rings. The molecule has 0 aromatic heterocycles. The molecule has 0 saturated heterocycles. The first-order valence-electron chi connectivity index (χ1n) is 15.1. The third kappa shape index (κ3) is 13.6. The van der Waals surface area contributed by atoms with E-state index in [-0.39, 0.29) is 25.2 Å². The molecule has 3 N–H and O–H groups in total. The summed E-state index contributed by atoms with van der Waals surface area (Å²) in [7, 11) is 5.81. The van der Waals surface area contributed by atoms with Gasteiger partial charge in [-0.1, -0.05) is 34.1 Å². The highest BCUT2D eigenvalue weighted by Crippen LogP contribution is 2.24. The number of esters is 1. The Hall–Kier alpha value is -3.70. The second-order valence-corrected chi connectivity index (χ2v) is 13.2. The van der Waals surface area contributed by atoms with Crippen LogP contribution in [0.3, 0.4) is 0 Å². The number of Topliss-reactive ketones (excluding diaryl/α,β-unsaturated/α-hetero) is 1. The second-order valence-electron chi connectivity index (χ2n) is 12.0. The van der Waals surface area contributed by atoms with E-state index in [9.17, 15) is 41.5 Å². The molecule has 0 aliphatic carbocycles. The zero-order valence-electron chi connectivity index (χ0n) is 27.5. The molecule has 2 rings (SSSR count). The van der Waals surface area contributed by atoms with Crippen LogP contribution in [-0.2, 0) is 41.9 Å². The van der Waals surface area contributed by atoms with Crippen LogP contribution in [0.4, 0.5) is 22.4 Å². The number of carbonyl (C=O) groups is 5. The van der Waals surface area contributed by atoms with E-state index in [0.717, 1.165) is 11.4 Å². The first-order chi connectivity index (χ1) is 22.9. The first-order valence-corrected chi connectivity index (χ1v) is 16.5. The van der Waals surface area contributed by atoms with E-state index in [4.69, 9.17) is 9.47 Å². The van der Waals surface area contributed by atoms with Crippen molar-refractivity contribution in [1.29, 1.82) is 0 Å². The zero-order valence-corrected chi connectivity index (χ0v) is 30.0. The van der Waals surface area contributed by atoms with Gasteiger partial charge in [-0.3, -0.25) is 19.2 Å². The summed E-state index contributed by atoms with van der Waals surface area (Å²) in [4.78, 5) is 63.1. The predicted octanol–water partition coefficient (Wildman–Crippen LogP) is 4.02. The van der Waals surface area contributed by atoms with Gasteiger partial charge >= 0.3 is 12.1 Å². The average molecular weight is 781 g/mol. The van der Waals surface area contributed by atoms with Gasteiger partial charge in [-0.2, -0.15) is 12.6 Å². The number of thiol groups is 1. The monoisotopic (exact) mass is 779 g/mol. The Morgan fingerprint density at radius 3 is 2.08 bits per heavy atom. The first kappa shape index (κ1) is 41.5. The van der Waals surface area contributed by atoms with E-state index < -0.39 is 95.6 Å². The van der Waals surface area contributed by atoms with Crippen LogP contribution in [0, 0.1) is 30.2 Å². The summed E-state index contributed by atoms with van der Waals surface area (Å²) in [5.41, 5.74) is -1.29. The van der Waals surface area contributed by atoms with Crippen LogP contribution in [0.1, 0.15) is 42.4 Å². The lowest BCUT2D eigenvalue weighted by Crippen LogP contribution is -2.50. The third-order valence-corrected chi connectivity index (χ3v) is 8.24. The van der Waals surface area contributed by atoms with Gasteiger partial charge in [0.05, 0.1) is 52.3 Å². The summed E-state index contributed by atoms with van der Waals surface area (Å²) in [6.07, 6.45) is -2.37. The van der Waals surface area contributed by atoms with E-state index in [1.54, 1.807) is 24.3 Å². The molecule has 11 nitrogen and oxygen atoms in total. The van der Waals surface area contributed by atoms with Crippen molar-refractivity contribution in [3.8, 4) is 0 Å². The van der Waals surface area contributed by atoms with Gasteiger partial charge in [0.15, 0.2) is 29.1 Å². The Kier molecular flexibility index (Phi) is 16.5. The van der Waals surface area contributed by atoms with E-state index in [1.807, 2.05) is 21.1 Å². The molecule has 0 unspecified atom stereocenters. The van der Waals surface area contributed by atoms with Gasteiger partial charge in [0.25, 0.3) is 0 Å². The number of nitrogens with zero attached hydrogens (tertiary/aromatic N) is 1. The van der Waals surface area contributed by atoms with Gasteiger partial charge in [-0.15, -0.1) is 0 Å². The lowest BCUT2D eigenvalue weighted by Gasteiger charge is -2.25. The van der Waals surface area contributed by atoms with Gasteiger partial charge in [-0.25, -0.2) is 22.4 Å². The number of amides is 3. The highest BCUT2D eigenvalue weighted by molar-refractivity contribution is 9.10. The van der Waals surface area contributed by atoms with E-state index >= 15 is 0 Å². The molecule has 270 valence electrons. The van der Waals surface area contributed by atoms with E-state index in [0.29, 0.717) is 23.1 Å². The summed E-state index contributed by atoms with van der Waals surface area (Å²) in [6, 6.07) is 4.77. The quantitative estimate of drug-likeness (QED) is 0.0590. The number of ketones is 1. The Bertz CT molecular complexity index is 1500. The van der Waals surface area contributed by atoms with Gasteiger partial charge < -0.3 is 29.9 Å². The van der Waals surface area contributed by atoms with Crippen molar-refractivity contribution in [2.24, 2.45) is 0 Å². The molecule has 0 heterocycles. The van der Waals surface area contributed by atoms with Crippen LogP contribution in [0.5, 0.6) is 0 Å². The van der Waals surface area contributed by atoms with Crippen molar-refractivity contribution < 1.29 is 55.5 Å². The van der Waals surface area contributed by atoms with E-state index in [1.165, 1.54) is 0 Å². The molecule has 3 amide bonds. The van der Waals surface area contributed by atoms with Crippen molar-refractivity contribution in [3.63, 3.8) is 0 Å². The van der Waals surface area contributed by atoms with Crippen molar-refractivity contribution in [2.45, 2.75) is 57.9 Å². The minimum atomic E-state index is -1.70. The van der Waals surface area contributed by atoms with Crippen LogP contribution in [-0.4, -0.2) is 86.2 Å². The minimum absolute atomic E-state index is 0.0836. The van der Waals surface area contributed by atoms with Crippen LogP contribution in [0.2, 0.25) is 0 Å². The van der Waals surface area contributed by atoms with Crippen LogP contribution < -0.4 is 16.0 Å². The highest BCUT2D eigenvalue weighted by atomic mass is 79.9. The van der Waals surface area contributed by atoms with Crippen molar-refractivity contribution in [2.75, 3.05) is 40.0 Å². The maximum atomic E-state index is 14.0. The molecule has 0 saturated carbocycles. The van der Waals surface area contributed by atoms with Gasteiger partial charge in [-0.05, 0) is 19.4 Å². The molecule has 0 aliphatic heterocycles. The number of alkyl carbamates (subject to hydrolysis) is 1. The molecular weight excluding hydrogens is 740 g/mol. The molecule has 2 aromatic rings. The van der Waals surface area contributed by atoms with Gasteiger partial charge in [0.2, 0.25) is 11.8 Å². The maximum absolute atomic E-state index is 14.0. The fraction of sp³-hybridized carbons (Fsp3) is 0.469. The number of likely N-dealkylation sites (N-methyl/N-ethyl adjacent to an activating group) is 1. The van der Waals surface area contributed by atoms with E-state index in [2.05, 4.69) is 44.5 Å². The average Bonchev–Trinajstić information content (AvgIpc) is 3.04. The standard InChI is InChI=1S/C32H39BrF4N4O7S/c1-18-27(34)29(36)20(30(37)28(18)35)16-47-26(44)12-10-24(42)23(17-49)39-25(43)11-9-22(31(45)38-13-14-41(2,3)4)40-32(46)48-15-19-7-5-6-8-21(19)33/h5-8,22-23H,9-17H2,1-4H3,(H3-,38,39,40,43,45,46,49)/p+1/t22-,23-/m0/s1. The topological polar surface area (TPSA) is 140 Å². The Morgan fingerprint density at radius 1 is 0.857 bits per heavy atom.